The van der Waals surface area contributed by atoms with Crippen LogP contribution in [0.1, 0.15) is 65.2 Å². The van der Waals surface area contributed by atoms with Crippen LogP contribution in [0.25, 0.3) is 0 Å². The lowest BCUT2D eigenvalue weighted by atomic mass is 10.2. The molecular weight excluding hydrogens is 240 g/mol. The number of nitrogens with zero attached hydrogens (tertiary/aromatic N) is 2. The highest BCUT2D eigenvalue weighted by Gasteiger charge is 2.07. The molecule has 0 aliphatic carbocycles. The van der Waals surface area contributed by atoms with Gasteiger partial charge in [-0.1, -0.05) is 52.4 Å². The molecule has 1 rings (SSSR count). The summed E-state index contributed by atoms with van der Waals surface area (Å²) < 4.78 is 0. The first-order chi connectivity index (χ1) is 8.88. The van der Waals surface area contributed by atoms with Crippen molar-refractivity contribution in [2.75, 3.05) is 18.0 Å². The van der Waals surface area contributed by atoms with Crippen molar-refractivity contribution < 1.29 is 0 Å². The van der Waals surface area contributed by atoms with Crippen LogP contribution in [-0.2, 0) is 0 Å². The first-order valence-corrected chi connectivity index (χ1v) is 8.40. The second kappa shape index (κ2) is 10.4. The Bertz CT molecular complexity index is 260. The number of aromatic nitrogens is 1. The van der Waals surface area contributed by atoms with E-state index in [9.17, 15) is 0 Å². The van der Waals surface area contributed by atoms with Crippen molar-refractivity contribution in [3.8, 4) is 0 Å². The highest BCUT2D eigenvalue weighted by atomic mass is 32.1. The van der Waals surface area contributed by atoms with Gasteiger partial charge in [0.2, 0.25) is 0 Å². The van der Waals surface area contributed by atoms with Crippen LogP contribution in [0, 0.1) is 0 Å². The number of thiazole rings is 1. The predicted molar refractivity (Wildman–Crippen MR) is 82.6 cm³/mol. The van der Waals surface area contributed by atoms with Gasteiger partial charge in [0.25, 0.3) is 0 Å². The van der Waals surface area contributed by atoms with E-state index in [0.717, 1.165) is 0 Å². The molecule has 0 aliphatic heterocycles. The van der Waals surface area contributed by atoms with Crippen molar-refractivity contribution in [3.63, 3.8) is 0 Å². The van der Waals surface area contributed by atoms with E-state index in [1.165, 1.54) is 69.6 Å². The van der Waals surface area contributed by atoms with E-state index in [2.05, 4.69) is 29.1 Å². The molecule has 0 amide bonds. The fourth-order valence-electron chi connectivity index (χ4n) is 2.13. The molecule has 0 atom stereocenters. The van der Waals surface area contributed by atoms with Crippen molar-refractivity contribution >= 4 is 16.5 Å². The normalized spacial score (nSPS) is 10.8. The third-order valence-electron chi connectivity index (χ3n) is 3.25. The summed E-state index contributed by atoms with van der Waals surface area (Å²) in [5, 5.41) is 3.29. The Morgan fingerprint density at radius 1 is 0.944 bits per heavy atom. The summed E-state index contributed by atoms with van der Waals surface area (Å²) in [5.74, 6) is 0. The molecule has 0 saturated carbocycles. The first kappa shape index (κ1) is 15.5. The maximum atomic E-state index is 4.46. The largest absolute Gasteiger partial charge is 0.348 e. The molecule has 0 aliphatic rings. The van der Waals surface area contributed by atoms with Gasteiger partial charge in [0, 0.05) is 24.7 Å². The molecule has 0 aromatic carbocycles. The smallest absolute Gasteiger partial charge is 0.185 e. The lowest BCUT2D eigenvalue weighted by Crippen LogP contribution is -2.25. The van der Waals surface area contributed by atoms with Crippen LogP contribution in [0.15, 0.2) is 11.6 Å². The third-order valence-corrected chi connectivity index (χ3v) is 4.09. The summed E-state index contributed by atoms with van der Waals surface area (Å²) in [6.07, 6.45) is 12.6. The highest BCUT2D eigenvalue weighted by molar-refractivity contribution is 7.13. The van der Waals surface area contributed by atoms with Crippen LogP contribution < -0.4 is 4.90 Å². The number of hydrogen-bond donors (Lipinski definition) is 0. The van der Waals surface area contributed by atoms with Crippen molar-refractivity contribution in [3.05, 3.63) is 11.6 Å². The summed E-state index contributed by atoms with van der Waals surface area (Å²) >= 11 is 1.77. The molecule has 3 heteroatoms. The van der Waals surface area contributed by atoms with Crippen LogP contribution in [0.3, 0.4) is 0 Å². The minimum atomic E-state index is 1.18. The zero-order valence-corrected chi connectivity index (χ0v) is 12.8. The number of unbranched alkanes of at least 4 members (excludes halogenated alkanes) is 6. The van der Waals surface area contributed by atoms with E-state index in [-0.39, 0.29) is 0 Å². The minimum absolute atomic E-state index is 1.18. The first-order valence-electron chi connectivity index (χ1n) is 7.53. The summed E-state index contributed by atoms with van der Waals surface area (Å²) in [4.78, 5) is 6.94. The Balaban J connectivity index is 2.29. The van der Waals surface area contributed by atoms with Crippen LogP contribution in [0.2, 0.25) is 0 Å². The number of anilines is 1. The molecule has 1 aromatic rings. The maximum absolute atomic E-state index is 4.46. The highest BCUT2D eigenvalue weighted by Crippen LogP contribution is 2.19. The number of rotatable bonds is 11. The molecule has 1 heterocycles. The molecular formula is C15H28N2S. The van der Waals surface area contributed by atoms with Gasteiger partial charge in [-0.15, -0.1) is 11.3 Å². The Morgan fingerprint density at radius 3 is 2.00 bits per heavy atom. The average Bonchev–Trinajstić information content (AvgIpc) is 2.91. The van der Waals surface area contributed by atoms with Crippen molar-refractivity contribution in [1.82, 2.24) is 4.98 Å². The predicted octanol–water partition coefficient (Wildman–Crippen LogP) is 5.11. The minimum Gasteiger partial charge on any atom is -0.348 e. The Morgan fingerprint density at radius 2 is 1.56 bits per heavy atom. The van der Waals surface area contributed by atoms with E-state index in [1.807, 2.05) is 6.20 Å². The fourth-order valence-corrected chi connectivity index (χ4v) is 2.83. The molecule has 0 N–H and O–H groups in total. The molecule has 2 nitrogen and oxygen atoms in total. The van der Waals surface area contributed by atoms with Gasteiger partial charge in [0.05, 0.1) is 0 Å². The standard InChI is InChI=1S/C15H28N2S/c1-3-5-7-9-12-17(13-10-8-6-4-2)15-16-11-14-18-15/h11,14H,3-10,12-13H2,1-2H3. The third kappa shape index (κ3) is 6.39. The molecule has 0 saturated heterocycles. The summed E-state index contributed by atoms with van der Waals surface area (Å²) in [6, 6.07) is 0. The van der Waals surface area contributed by atoms with Crippen molar-refractivity contribution in [2.24, 2.45) is 0 Å². The van der Waals surface area contributed by atoms with Gasteiger partial charge in [-0.3, -0.25) is 0 Å². The summed E-state index contributed by atoms with van der Waals surface area (Å²) in [6.45, 7) is 6.89. The zero-order chi connectivity index (χ0) is 13.1. The van der Waals surface area contributed by atoms with Crippen LogP contribution in [-0.4, -0.2) is 18.1 Å². The second-order valence-electron chi connectivity index (χ2n) is 4.92. The van der Waals surface area contributed by atoms with Crippen LogP contribution in [0.5, 0.6) is 0 Å². The molecule has 0 unspecified atom stereocenters. The maximum Gasteiger partial charge on any atom is 0.185 e. The van der Waals surface area contributed by atoms with E-state index in [1.54, 1.807) is 11.3 Å². The molecule has 104 valence electrons. The van der Waals surface area contributed by atoms with E-state index in [4.69, 9.17) is 0 Å². The monoisotopic (exact) mass is 268 g/mol. The SMILES string of the molecule is CCCCCCN(CCCCCC)c1nccs1. The Hall–Kier alpha value is -0.570. The van der Waals surface area contributed by atoms with Gasteiger partial charge >= 0.3 is 0 Å². The van der Waals surface area contributed by atoms with Gasteiger partial charge < -0.3 is 4.90 Å². The summed E-state index contributed by atoms with van der Waals surface area (Å²) in [5.41, 5.74) is 0. The van der Waals surface area contributed by atoms with Crippen LogP contribution >= 0.6 is 11.3 Å². The summed E-state index contributed by atoms with van der Waals surface area (Å²) in [7, 11) is 0. The zero-order valence-electron chi connectivity index (χ0n) is 12.0. The van der Waals surface area contributed by atoms with Crippen molar-refractivity contribution in [2.45, 2.75) is 65.2 Å². The van der Waals surface area contributed by atoms with Gasteiger partial charge in [0.1, 0.15) is 0 Å². The molecule has 0 radical (unpaired) electrons. The lowest BCUT2D eigenvalue weighted by molar-refractivity contribution is 0.608. The molecule has 18 heavy (non-hydrogen) atoms. The Kier molecular flexibility index (Phi) is 8.92. The fraction of sp³-hybridized carbons (Fsp3) is 0.800. The van der Waals surface area contributed by atoms with Crippen molar-refractivity contribution in [1.29, 1.82) is 0 Å². The second-order valence-corrected chi connectivity index (χ2v) is 5.80. The molecule has 0 fully saturated rings. The van der Waals surface area contributed by atoms with Crippen LogP contribution in [0.4, 0.5) is 5.13 Å². The van der Waals surface area contributed by atoms with Gasteiger partial charge in [-0.05, 0) is 12.8 Å². The topological polar surface area (TPSA) is 16.1 Å². The lowest BCUT2D eigenvalue weighted by Gasteiger charge is -2.21. The van der Waals surface area contributed by atoms with E-state index < -0.39 is 0 Å². The van der Waals surface area contributed by atoms with E-state index >= 15 is 0 Å². The van der Waals surface area contributed by atoms with Gasteiger partial charge in [-0.2, -0.15) is 0 Å². The molecule has 1 aromatic heterocycles. The van der Waals surface area contributed by atoms with E-state index in [0.29, 0.717) is 0 Å². The molecule has 0 bridgehead atoms. The Labute approximate surface area is 116 Å². The van der Waals surface area contributed by atoms with Gasteiger partial charge in [0.15, 0.2) is 5.13 Å². The average molecular weight is 268 g/mol. The molecule has 0 spiro atoms. The van der Waals surface area contributed by atoms with Gasteiger partial charge in [-0.25, -0.2) is 4.98 Å². The quantitative estimate of drug-likeness (QED) is 0.518. The number of hydrogen-bond acceptors (Lipinski definition) is 3.